The molecule has 30 heavy (non-hydrogen) atoms. The van der Waals surface area contributed by atoms with E-state index in [9.17, 15) is 14.3 Å². The lowest BCUT2D eigenvalue weighted by atomic mass is 10.0. The van der Waals surface area contributed by atoms with Crippen LogP contribution in [0.25, 0.3) is 0 Å². The van der Waals surface area contributed by atoms with E-state index in [1.807, 2.05) is 26.0 Å². The molecule has 0 amide bonds. The SMILES string of the molecule is CCSC1C(C(=O)O)=C(C)C=C(N2CCO[C@@H](COC)C2)N1Cc1cccc(F)c1. The van der Waals surface area contributed by atoms with E-state index in [0.29, 0.717) is 38.4 Å². The van der Waals surface area contributed by atoms with Gasteiger partial charge in [-0.2, -0.15) is 0 Å². The molecule has 1 saturated heterocycles. The third kappa shape index (κ3) is 5.17. The van der Waals surface area contributed by atoms with E-state index in [4.69, 9.17) is 9.47 Å². The van der Waals surface area contributed by atoms with Gasteiger partial charge in [-0.1, -0.05) is 19.1 Å². The predicted molar refractivity (Wildman–Crippen MR) is 115 cm³/mol. The molecule has 1 aromatic rings. The van der Waals surface area contributed by atoms with Gasteiger partial charge in [-0.05, 0) is 42.0 Å². The van der Waals surface area contributed by atoms with Gasteiger partial charge >= 0.3 is 5.97 Å². The summed E-state index contributed by atoms with van der Waals surface area (Å²) in [6.45, 7) is 6.69. The summed E-state index contributed by atoms with van der Waals surface area (Å²) in [5, 5.41) is 9.54. The molecule has 1 N–H and O–H groups in total. The van der Waals surface area contributed by atoms with Crippen molar-refractivity contribution in [3.63, 3.8) is 0 Å². The van der Waals surface area contributed by atoms with Crippen LogP contribution in [0.15, 0.2) is 47.3 Å². The lowest BCUT2D eigenvalue weighted by molar-refractivity contribution is -0.133. The maximum absolute atomic E-state index is 13.8. The third-order valence-corrected chi connectivity index (χ3v) is 6.35. The van der Waals surface area contributed by atoms with Gasteiger partial charge in [-0.15, -0.1) is 11.8 Å². The van der Waals surface area contributed by atoms with Crippen molar-refractivity contribution in [3.05, 3.63) is 58.7 Å². The van der Waals surface area contributed by atoms with Crippen LogP contribution >= 0.6 is 11.8 Å². The monoisotopic (exact) mass is 436 g/mol. The van der Waals surface area contributed by atoms with E-state index in [1.54, 1.807) is 24.9 Å². The van der Waals surface area contributed by atoms with Crippen molar-refractivity contribution in [2.75, 3.05) is 39.2 Å². The summed E-state index contributed by atoms with van der Waals surface area (Å²) in [4.78, 5) is 16.4. The highest BCUT2D eigenvalue weighted by Gasteiger charge is 2.36. The fourth-order valence-electron chi connectivity index (χ4n) is 3.91. The molecule has 2 heterocycles. The molecule has 0 radical (unpaired) electrons. The Balaban J connectivity index is 2.00. The molecule has 3 rings (SSSR count). The maximum Gasteiger partial charge on any atom is 0.334 e. The number of hydrogen-bond acceptors (Lipinski definition) is 6. The normalized spacial score (nSPS) is 22.3. The molecule has 1 aromatic carbocycles. The van der Waals surface area contributed by atoms with Gasteiger partial charge in [0, 0.05) is 26.7 Å². The van der Waals surface area contributed by atoms with Crippen molar-refractivity contribution < 1.29 is 23.8 Å². The largest absolute Gasteiger partial charge is 0.478 e. The maximum atomic E-state index is 13.8. The smallest absolute Gasteiger partial charge is 0.334 e. The lowest BCUT2D eigenvalue weighted by Gasteiger charge is -2.45. The van der Waals surface area contributed by atoms with E-state index in [-0.39, 0.29) is 17.3 Å². The number of thioether (sulfide) groups is 1. The molecule has 0 spiro atoms. The molecular weight excluding hydrogens is 407 g/mol. The Labute approximate surface area is 181 Å². The van der Waals surface area contributed by atoms with Crippen molar-refractivity contribution >= 4 is 17.7 Å². The zero-order chi connectivity index (χ0) is 21.7. The number of methoxy groups -OCH3 is 1. The van der Waals surface area contributed by atoms with Gasteiger partial charge in [0.15, 0.2) is 0 Å². The predicted octanol–water partition coefficient (Wildman–Crippen LogP) is 3.31. The molecule has 8 heteroatoms. The molecule has 0 saturated carbocycles. The Morgan fingerprint density at radius 3 is 2.90 bits per heavy atom. The summed E-state index contributed by atoms with van der Waals surface area (Å²) in [5.41, 5.74) is 1.92. The molecule has 2 aliphatic rings. The number of ether oxygens (including phenoxy) is 2. The van der Waals surface area contributed by atoms with Crippen molar-refractivity contribution in [3.8, 4) is 0 Å². The Kier molecular flexibility index (Phi) is 7.80. The standard InChI is InChI=1S/C22H29FN2O4S/c1-4-30-21-20(22(26)27)15(2)10-19(24-8-9-29-18(13-24)14-28-3)25(21)12-16-6-5-7-17(23)11-16/h5-7,10-11,18,21H,4,8-9,12-14H2,1-3H3,(H,26,27)/t18-,21?/m1/s1. The number of nitrogens with zero attached hydrogens (tertiary/aromatic N) is 2. The molecule has 6 nitrogen and oxygen atoms in total. The summed E-state index contributed by atoms with van der Waals surface area (Å²) in [6, 6.07) is 6.47. The zero-order valence-corrected chi connectivity index (χ0v) is 18.5. The van der Waals surface area contributed by atoms with Gasteiger partial charge < -0.3 is 24.4 Å². The van der Waals surface area contributed by atoms with Crippen LogP contribution in [0.1, 0.15) is 19.4 Å². The fraction of sp³-hybridized carbons (Fsp3) is 0.500. The topological polar surface area (TPSA) is 62.2 Å². The first-order valence-electron chi connectivity index (χ1n) is 10.1. The first kappa shape index (κ1) is 22.7. The minimum Gasteiger partial charge on any atom is -0.478 e. The molecule has 1 unspecified atom stereocenters. The molecule has 0 bridgehead atoms. The number of carbonyl (C=O) groups is 1. The molecule has 2 aliphatic heterocycles. The zero-order valence-electron chi connectivity index (χ0n) is 17.6. The van der Waals surface area contributed by atoms with Crippen molar-refractivity contribution in [1.82, 2.24) is 9.80 Å². The minimum atomic E-state index is -0.919. The summed E-state index contributed by atoms with van der Waals surface area (Å²) < 4.78 is 24.9. The number of morpholine rings is 1. The number of halogens is 1. The number of hydrogen-bond donors (Lipinski definition) is 1. The number of carboxylic acid groups (broad SMARTS) is 1. The first-order chi connectivity index (χ1) is 14.4. The Morgan fingerprint density at radius 2 is 2.23 bits per heavy atom. The molecule has 164 valence electrons. The van der Waals surface area contributed by atoms with E-state index in [2.05, 4.69) is 9.80 Å². The summed E-state index contributed by atoms with van der Waals surface area (Å²) in [7, 11) is 1.65. The average molecular weight is 437 g/mol. The Hall–Kier alpha value is -2.03. The van der Waals surface area contributed by atoms with Crippen LogP contribution < -0.4 is 0 Å². The Morgan fingerprint density at radius 1 is 1.43 bits per heavy atom. The van der Waals surface area contributed by atoms with Gasteiger partial charge in [-0.25, -0.2) is 9.18 Å². The van der Waals surface area contributed by atoms with Crippen LogP contribution in [0.4, 0.5) is 4.39 Å². The van der Waals surface area contributed by atoms with Crippen molar-refractivity contribution in [2.45, 2.75) is 31.9 Å². The Bertz CT molecular complexity index is 827. The first-order valence-corrected chi connectivity index (χ1v) is 11.1. The van der Waals surface area contributed by atoms with Crippen LogP contribution in [0, 0.1) is 5.82 Å². The molecule has 1 fully saturated rings. The average Bonchev–Trinajstić information content (AvgIpc) is 2.70. The number of aliphatic carboxylic acids is 1. The van der Waals surface area contributed by atoms with Gasteiger partial charge in [0.25, 0.3) is 0 Å². The van der Waals surface area contributed by atoms with Crippen LogP contribution in [0.3, 0.4) is 0 Å². The summed E-state index contributed by atoms with van der Waals surface area (Å²) in [6.07, 6.45) is 1.88. The van der Waals surface area contributed by atoms with E-state index in [0.717, 1.165) is 22.7 Å². The summed E-state index contributed by atoms with van der Waals surface area (Å²) in [5.74, 6) is 0.484. The minimum absolute atomic E-state index is 0.0527. The number of allylic oxidation sites excluding steroid dienone is 2. The highest BCUT2D eigenvalue weighted by Crippen LogP contribution is 2.36. The second kappa shape index (κ2) is 10.3. The number of benzene rings is 1. The van der Waals surface area contributed by atoms with Crippen LogP contribution in [0.2, 0.25) is 0 Å². The van der Waals surface area contributed by atoms with Crippen LogP contribution in [-0.2, 0) is 20.8 Å². The molecular formula is C22H29FN2O4S. The van der Waals surface area contributed by atoms with Crippen molar-refractivity contribution in [2.24, 2.45) is 0 Å². The van der Waals surface area contributed by atoms with E-state index >= 15 is 0 Å². The van der Waals surface area contributed by atoms with Crippen LogP contribution in [-0.4, -0.2) is 71.5 Å². The van der Waals surface area contributed by atoms with E-state index < -0.39 is 5.97 Å². The molecule has 2 atom stereocenters. The van der Waals surface area contributed by atoms with Gasteiger partial charge in [0.05, 0.1) is 24.9 Å². The summed E-state index contributed by atoms with van der Waals surface area (Å²) >= 11 is 1.57. The second-order valence-electron chi connectivity index (χ2n) is 7.36. The fourth-order valence-corrected chi connectivity index (χ4v) is 5.05. The van der Waals surface area contributed by atoms with Gasteiger partial charge in [0.1, 0.15) is 17.0 Å². The van der Waals surface area contributed by atoms with Crippen molar-refractivity contribution in [1.29, 1.82) is 0 Å². The van der Waals surface area contributed by atoms with Gasteiger partial charge in [0.2, 0.25) is 0 Å². The quantitative estimate of drug-likeness (QED) is 0.671. The molecule has 0 aromatic heterocycles. The van der Waals surface area contributed by atoms with Crippen LogP contribution in [0.5, 0.6) is 0 Å². The third-order valence-electron chi connectivity index (χ3n) is 5.21. The number of carboxylic acids is 1. The van der Waals surface area contributed by atoms with E-state index in [1.165, 1.54) is 12.1 Å². The highest BCUT2D eigenvalue weighted by atomic mass is 32.2. The second-order valence-corrected chi connectivity index (χ2v) is 8.72. The molecule has 0 aliphatic carbocycles. The lowest BCUT2D eigenvalue weighted by Crippen LogP contribution is -2.50. The van der Waals surface area contributed by atoms with Gasteiger partial charge in [-0.3, -0.25) is 0 Å². The highest BCUT2D eigenvalue weighted by molar-refractivity contribution is 8.00. The number of rotatable bonds is 8.